The number of allylic oxidation sites excluding steroid dienone is 2. The SMILES string of the molecule is O=C1C=C(O)c2c(c(I)cc(O)c2-c2c(O)cc(I)c3c2CC(=CO)C(=O)C3=O)C1=O. The summed E-state index contributed by atoms with van der Waals surface area (Å²) >= 11 is 3.51. The van der Waals surface area contributed by atoms with Crippen LogP contribution in [-0.4, -0.2) is 43.6 Å². The first-order valence-electron chi connectivity index (χ1n) is 8.60. The monoisotopic (exact) mass is 644 g/mol. The van der Waals surface area contributed by atoms with Crippen LogP contribution in [0.15, 0.2) is 30.0 Å². The van der Waals surface area contributed by atoms with Crippen molar-refractivity contribution in [2.75, 3.05) is 0 Å². The molecular formula is C21H10I2O8. The summed E-state index contributed by atoms with van der Waals surface area (Å²) in [4.78, 5) is 49.4. The summed E-state index contributed by atoms with van der Waals surface area (Å²) in [5.74, 6) is -5.06. The fourth-order valence-corrected chi connectivity index (χ4v) is 5.45. The summed E-state index contributed by atoms with van der Waals surface area (Å²) in [5, 5.41) is 41.4. The van der Waals surface area contributed by atoms with Gasteiger partial charge in [-0.25, -0.2) is 0 Å². The highest BCUT2D eigenvalue weighted by molar-refractivity contribution is 14.1. The van der Waals surface area contributed by atoms with Crippen LogP contribution in [0.25, 0.3) is 16.9 Å². The van der Waals surface area contributed by atoms with E-state index in [1.807, 2.05) is 0 Å². The number of ketones is 4. The molecular weight excluding hydrogens is 634 g/mol. The summed E-state index contributed by atoms with van der Waals surface area (Å²) in [6.45, 7) is 0. The summed E-state index contributed by atoms with van der Waals surface area (Å²) in [7, 11) is 0. The van der Waals surface area contributed by atoms with Crippen LogP contribution in [0.5, 0.6) is 11.5 Å². The molecule has 2 aliphatic rings. The molecule has 0 aromatic heterocycles. The van der Waals surface area contributed by atoms with Gasteiger partial charge in [-0.3, -0.25) is 19.2 Å². The van der Waals surface area contributed by atoms with Crippen molar-refractivity contribution in [1.82, 2.24) is 0 Å². The van der Waals surface area contributed by atoms with Crippen molar-refractivity contribution >= 4 is 74.1 Å². The van der Waals surface area contributed by atoms with E-state index in [0.29, 0.717) is 12.3 Å². The molecule has 2 aromatic carbocycles. The van der Waals surface area contributed by atoms with Crippen molar-refractivity contribution in [3.63, 3.8) is 0 Å². The highest BCUT2D eigenvalue weighted by atomic mass is 127. The molecule has 0 amide bonds. The summed E-state index contributed by atoms with van der Waals surface area (Å²) < 4.78 is 0.474. The topological polar surface area (TPSA) is 149 Å². The number of benzene rings is 2. The van der Waals surface area contributed by atoms with Gasteiger partial charge in [-0.1, -0.05) is 0 Å². The van der Waals surface area contributed by atoms with Crippen LogP contribution < -0.4 is 0 Å². The molecule has 0 heterocycles. The Morgan fingerprint density at radius 1 is 0.742 bits per heavy atom. The molecule has 2 aliphatic carbocycles. The highest BCUT2D eigenvalue weighted by Gasteiger charge is 2.38. The Labute approximate surface area is 201 Å². The third-order valence-corrected chi connectivity index (χ3v) is 6.79. The van der Waals surface area contributed by atoms with Gasteiger partial charge in [-0.05, 0) is 62.9 Å². The Kier molecular flexibility index (Phi) is 5.16. The van der Waals surface area contributed by atoms with E-state index >= 15 is 0 Å². The molecule has 4 rings (SSSR count). The number of hydrogen-bond donors (Lipinski definition) is 4. The molecule has 0 unspecified atom stereocenters. The second kappa shape index (κ2) is 7.44. The minimum atomic E-state index is -0.945. The first-order chi connectivity index (χ1) is 14.6. The minimum absolute atomic E-state index is 0.0163. The zero-order valence-electron chi connectivity index (χ0n) is 15.2. The maximum atomic E-state index is 12.7. The van der Waals surface area contributed by atoms with E-state index in [2.05, 4.69) is 0 Å². The van der Waals surface area contributed by atoms with E-state index in [9.17, 15) is 39.6 Å². The van der Waals surface area contributed by atoms with Crippen LogP contribution in [0.1, 0.15) is 31.8 Å². The van der Waals surface area contributed by atoms with Crippen LogP contribution in [0.4, 0.5) is 0 Å². The molecule has 4 N–H and O–H groups in total. The van der Waals surface area contributed by atoms with E-state index < -0.39 is 40.4 Å². The first-order valence-corrected chi connectivity index (χ1v) is 10.8. The number of hydrogen-bond acceptors (Lipinski definition) is 8. The number of phenolic OH excluding ortho intramolecular Hbond substituents is 2. The van der Waals surface area contributed by atoms with Gasteiger partial charge in [0.05, 0.1) is 11.8 Å². The number of halogens is 2. The molecule has 10 heteroatoms. The third-order valence-electron chi connectivity index (χ3n) is 5.09. The van der Waals surface area contributed by atoms with Crippen molar-refractivity contribution in [3.8, 4) is 22.6 Å². The average molecular weight is 644 g/mol. The van der Waals surface area contributed by atoms with Gasteiger partial charge < -0.3 is 20.4 Å². The van der Waals surface area contributed by atoms with Crippen molar-refractivity contribution in [3.05, 3.63) is 59.4 Å². The zero-order chi connectivity index (χ0) is 22.8. The van der Waals surface area contributed by atoms with Crippen LogP contribution >= 0.6 is 45.2 Å². The molecule has 31 heavy (non-hydrogen) atoms. The largest absolute Gasteiger partial charge is 0.515 e. The standard InChI is InChI=1S/C21H10I2O8/c22-8-2-10(25)15(7-1-6(5-24)19(29)21(31)14(7)8)17-11(26)3-9(23)16-18(17)12(27)4-13(28)20(16)30/h2-5,24-27H,1H2. The Balaban J connectivity index is 2.18. The lowest BCUT2D eigenvalue weighted by atomic mass is 9.79. The molecule has 156 valence electrons. The van der Waals surface area contributed by atoms with Gasteiger partial charge in [-0.2, -0.15) is 0 Å². The fourth-order valence-electron chi connectivity index (χ4n) is 3.78. The number of rotatable bonds is 1. The molecule has 0 saturated heterocycles. The number of aliphatic hydroxyl groups is 2. The highest BCUT2D eigenvalue weighted by Crippen LogP contribution is 2.49. The Morgan fingerprint density at radius 3 is 1.94 bits per heavy atom. The molecule has 0 atom stereocenters. The number of Topliss-reactive ketones (excluding diaryl/α,β-unsaturated/α-hetero) is 3. The van der Waals surface area contributed by atoms with E-state index in [1.54, 1.807) is 45.2 Å². The number of carbonyl (C=O) groups is 4. The van der Waals surface area contributed by atoms with Gasteiger partial charge in [0.25, 0.3) is 0 Å². The van der Waals surface area contributed by atoms with Crippen LogP contribution in [0.3, 0.4) is 0 Å². The van der Waals surface area contributed by atoms with Crippen molar-refractivity contribution in [2.45, 2.75) is 6.42 Å². The number of fused-ring (bicyclic) bond motifs is 2. The molecule has 0 radical (unpaired) electrons. The van der Waals surface area contributed by atoms with Gasteiger partial charge in [0.15, 0.2) is 0 Å². The lowest BCUT2D eigenvalue weighted by molar-refractivity contribution is -0.112. The first kappa shape index (κ1) is 21.5. The predicted molar refractivity (Wildman–Crippen MR) is 124 cm³/mol. The van der Waals surface area contributed by atoms with Gasteiger partial charge in [-0.15, -0.1) is 0 Å². The lowest BCUT2D eigenvalue weighted by Gasteiger charge is -2.25. The summed E-state index contributed by atoms with van der Waals surface area (Å²) in [6.07, 6.45) is 0.980. The molecule has 2 aromatic rings. The van der Waals surface area contributed by atoms with Crippen molar-refractivity contribution < 1.29 is 39.6 Å². The van der Waals surface area contributed by atoms with E-state index in [0.717, 1.165) is 0 Å². The van der Waals surface area contributed by atoms with E-state index in [4.69, 9.17) is 0 Å². The molecule has 0 fully saturated rings. The Bertz CT molecular complexity index is 1330. The number of carbonyl (C=O) groups excluding carboxylic acids is 4. The normalized spacial score (nSPS) is 17.0. The second-order valence-electron chi connectivity index (χ2n) is 6.82. The number of aromatic hydroxyl groups is 2. The summed E-state index contributed by atoms with van der Waals surface area (Å²) in [6, 6.07) is 2.41. The maximum Gasteiger partial charge on any atom is 0.234 e. The quantitative estimate of drug-likeness (QED) is 0.160. The van der Waals surface area contributed by atoms with Gasteiger partial charge in [0.1, 0.15) is 17.3 Å². The smallest absolute Gasteiger partial charge is 0.234 e. The number of aliphatic hydroxyl groups excluding tert-OH is 2. The van der Waals surface area contributed by atoms with E-state index in [1.165, 1.54) is 12.1 Å². The molecule has 0 aliphatic heterocycles. The van der Waals surface area contributed by atoms with Gasteiger partial charge >= 0.3 is 0 Å². The third kappa shape index (κ3) is 3.07. The Hall–Kier alpha value is -2.74. The lowest BCUT2D eigenvalue weighted by Crippen LogP contribution is -2.27. The Morgan fingerprint density at radius 2 is 1.32 bits per heavy atom. The minimum Gasteiger partial charge on any atom is -0.515 e. The van der Waals surface area contributed by atoms with Crippen LogP contribution in [0.2, 0.25) is 0 Å². The fraction of sp³-hybridized carbons (Fsp3) is 0.0476. The van der Waals surface area contributed by atoms with Gasteiger partial charge in [0.2, 0.25) is 23.1 Å². The van der Waals surface area contributed by atoms with Crippen LogP contribution in [-0.2, 0) is 16.0 Å². The average Bonchev–Trinajstić information content (AvgIpc) is 2.69. The maximum absolute atomic E-state index is 12.7. The number of phenols is 2. The predicted octanol–water partition coefficient (Wildman–Crippen LogP) is 3.39. The van der Waals surface area contributed by atoms with E-state index in [-0.39, 0.29) is 52.5 Å². The molecule has 0 saturated carbocycles. The molecule has 8 nitrogen and oxygen atoms in total. The molecule has 0 spiro atoms. The zero-order valence-corrected chi connectivity index (χ0v) is 19.5. The van der Waals surface area contributed by atoms with Crippen molar-refractivity contribution in [1.29, 1.82) is 0 Å². The molecule has 0 bridgehead atoms. The van der Waals surface area contributed by atoms with Gasteiger partial charge in [0, 0.05) is 47.5 Å². The van der Waals surface area contributed by atoms with Crippen molar-refractivity contribution in [2.24, 2.45) is 0 Å². The second-order valence-corrected chi connectivity index (χ2v) is 9.15. The summed E-state index contributed by atoms with van der Waals surface area (Å²) in [5.41, 5.74) is -0.696. The van der Waals surface area contributed by atoms with Crippen LogP contribution in [0, 0.1) is 7.14 Å².